The highest BCUT2D eigenvalue weighted by Crippen LogP contribution is 2.18. The molecule has 0 saturated heterocycles. The second kappa shape index (κ2) is 6.34. The quantitative estimate of drug-likeness (QED) is 0.851. The third kappa shape index (κ3) is 4.47. The maximum Gasteiger partial charge on any atom is 0.261 e. The van der Waals surface area contributed by atoms with Crippen molar-refractivity contribution in [3.05, 3.63) is 29.6 Å². The predicted molar refractivity (Wildman–Crippen MR) is 71.3 cm³/mol. The van der Waals surface area contributed by atoms with Gasteiger partial charge in [0.15, 0.2) is 0 Å². The van der Waals surface area contributed by atoms with Crippen LogP contribution in [0.4, 0.5) is 4.39 Å². The van der Waals surface area contributed by atoms with E-state index in [0.717, 1.165) is 31.0 Å². The molecule has 0 aliphatic rings. The van der Waals surface area contributed by atoms with Crippen LogP contribution in [0.2, 0.25) is 0 Å². The summed E-state index contributed by atoms with van der Waals surface area (Å²) < 4.78 is 35.7. The molecule has 1 aromatic carbocycles. The van der Waals surface area contributed by atoms with Gasteiger partial charge in [0.05, 0.1) is 10.5 Å². The van der Waals surface area contributed by atoms with E-state index in [9.17, 15) is 17.6 Å². The van der Waals surface area contributed by atoms with Crippen LogP contribution in [0.3, 0.4) is 0 Å². The highest BCUT2D eigenvalue weighted by molar-refractivity contribution is 8.13. The molecule has 0 spiro atoms. The molecule has 0 aromatic heterocycles. The summed E-state index contributed by atoms with van der Waals surface area (Å²) in [5.74, 6) is -1.49. The van der Waals surface area contributed by atoms with Crippen molar-refractivity contribution in [2.45, 2.75) is 37.6 Å². The fourth-order valence-corrected chi connectivity index (χ4v) is 2.40. The molecule has 106 valence electrons. The number of carbonyl (C=O) groups excluding carboxylic acids is 1. The van der Waals surface area contributed by atoms with Crippen LogP contribution in [-0.2, 0) is 9.05 Å². The average molecular weight is 308 g/mol. The first kappa shape index (κ1) is 15.9. The van der Waals surface area contributed by atoms with Crippen molar-refractivity contribution < 1.29 is 17.6 Å². The average Bonchev–Trinajstić information content (AvgIpc) is 2.27. The largest absolute Gasteiger partial charge is 0.349 e. The molecule has 0 heterocycles. The fourth-order valence-electron chi connectivity index (χ4n) is 1.64. The Kier molecular flexibility index (Phi) is 5.31. The van der Waals surface area contributed by atoms with Crippen LogP contribution < -0.4 is 5.32 Å². The van der Waals surface area contributed by atoms with Crippen LogP contribution in [0.15, 0.2) is 23.1 Å². The van der Waals surface area contributed by atoms with Crippen LogP contribution in [0.25, 0.3) is 0 Å². The van der Waals surface area contributed by atoms with Crippen molar-refractivity contribution in [3.8, 4) is 0 Å². The third-order valence-electron chi connectivity index (χ3n) is 2.57. The van der Waals surface area contributed by atoms with E-state index >= 15 is 0 Å². The Morgan fingerprint density at radius 2 is 2.11 bits per heavy atom. The van der Waals surface area contributed by atoms with Gasteiger partial charge in [0, 0.05) is 16.7 Å². The summed E-state index contributed by atoms with van der Waals surface area (Å²) in [6.07, 6.45) is 1.68. The predicted octanol–water partition coefficient (Wildman–Crippen LogP) is 2.67. The van der Waals surface area contributed by atoms with Crippen molar-refractivity contribution in [3.63, 3.8) is 0 Å². The Bertz CT molecular complexity index is 574. The Balaban J connectivity index is 2.94. The van der Waals surface area contributed by atoms with E-state index in [2.05, 4.69) is 5.32 Å². The topological polar surface area (TPSA) is 63.2 Å². The smallest absolute Gasteiger partial charge is 0.261 e. The van der Waals surface area contributed by atoms with E-state index in [1.807, 2.05) is 13.8 Å². The minimum atomic E-state index is -4.00. The monoisotopic (exact) mass is 307 g/mol. The van der Waals surface area contributed by atoms with Crippen molar-refractivity contribution >= 4 is 25.6 Å². The van der Waals surface area contributed by atoms with Gasteiger partial charge in [0.2, 0.25) is 0 Å². The first-order valence-electron chi connectivity index (χ1n) is 5.80. The summed E-state index contributed by atoms with van der Waals surface area (Å²) in [6.45, 7) is 3.79. The molecule has 0 bridgehead atoms. The molecule has 0 saturated carbocycles. The van der Waals surface area contributed by atoms with Crippen LogP contribution in [0, 0.1) is 5.82 Å². The summed E-state index contributed by atoms with van der Waals surface area (Å²) in [4.78, 5) is 11.4. The van der Waals surface area contributed by atoms with Crippen LogP contribution >= 0.6 is 10.7 Å². The van der Waals surface area contributed by atoms with Gasteiger partial charge in [-0.05, 0) is 31.5 Å². The van der Waals surface area contributed by atoms with Crippen LogP contribution in [0.5, 0.6) is 0 Å². The summed E-state index contributed by atoms with van der Waals surface area (Å²) >= 11 is 0. The number of amides is 1. The van der Waals surface area contributed by atoms with Gasteiger partial charge < -0.3 is 5.32 Å². The van der Waals surface area contributed by atoms with Gasteiger partial charge in [0.25, 0.3) is 15.0 Å². The van der Waals surface area contributed by atoms with E-state index < -0.39 is 20.8 Å². The molecule has 4 nitrogen and oxygen atoms in total. The lowest BCUT2D eigenvalue weighted by Gasteiger charge is -2.13. The number of rotatable bonds is 5. The van der Waals surface area contributed by atoms with Crippen molar-refractivity contribution in [1.29, 1.82) is 0 Å². The van der Waals surface area contributed by atoms with E-state index in [4.69, 9.17) is 10.7 Å². The molecule has 19 heavy (non-hydrogen) atoms. The summed E-state index contributed by atoms with van der Waals surface area (Å²) in [5, 5.41) is 2.63. The summed E-state index contributed by atoms with van der Waals surface area (Å²) in [5.41, 5.74) is -0.202. The van der Waals surface area contributed by atoms with E-state index in [1.165, 1.54) is 0 Å². The van der Waals surface area contributed by atoms with Crippen LogP contribution in [-0.4, -0.2) is 20.4 Å². The maximum atomic E-state index is 13.7. The zero-order chi connectivity index (χ0) is 14.6. The number of hydrogen-bond donors (Lipinski definition) is 1. The number of carbonyl (C=O) groups is 1. The highest BCUT2D eigenvalue weighted by atomic mass is 35.7. The molecular formula is C12H15ClFNO3S. The van der Waals surface area contributed by atoms with Crippen molar-refractivity contribution in [2.75, 3.05) is 0 Å². The van der Waals surface area contributed by atoms with Crippen LogP contribution in [0.1, 0.15) is 37.0 Å². The molecule has 1 unspecified atom stereocenters. The SMILES string of the molecule is CCCC(C)NC(=O)c1ccc(S(=O)(=O)Cl)cc1F. The minimum absolute atomic E-state index is 0.0756. The molecule has 0 aliphatic heterocycles. The molecule has 1 N–H and O–H groups in total. The zero-order valence-corrected chi connectivity index (χ0v) is 12.2. The zero-order valence-electron chi connectivity index (χ0n) is 10.6. The van der Waals surface area contributed by atoms with Gasteiger partial charge in [0.1, 0.15) is 5.82 Å². The molecule has 1 rings (SSSR count). The Morgan fingerprint density at radius 3 is 2.58 bits per heavy atom. The lowest BCUT2D eigenvalue weighted by atomic mass is 10.1. The van der Waals surface area contributed by atoms with E-state index in [-0.39, 0.29) is 16.5 Å². The molecule has 0 aliphatic carbocycles. The minimum Gasteiger partial charge on any atom is -0.349 e. The number of hydrogen-bond acceptors (Lipinski definition) is 3. The van der Waals surface area contributed by atoms with Gasteiger partial charge >= 0.3 is 0 Å². The molecular weight excluding hydrogens is 293 g/mol. The Morgan fingerprint density at radius 1 is 1.47 bits per heavy atom. The van der Waals surface area contributed by atoms with Gasteiger partial charge in [-0.15, -0.1) is 0 Å². The van der Waals surface area contributed by atoms with Gasteiger partial charge in [-0.3, -0.25) is 4.79 Å². The lowest BCUT2D eigenvalue weighted by Crippen LogP contribution is -2.32. The van der Waals surface area contributed by atoms with Gasteiger partial charge in [-0.1, -0.05) is 13.3 Å². The molecule has 0 fully saturated rings. The third-order valence-corrected chi connectivity index (χ3v) is 3.92. The highest BCUT2D eigenvalue weighted by Gasteiger charge is 2.17. The summed E-state index contributed by atoms with van der Waals surface area (Å²) in [7, 11) is 1.09. The van der Waals surface area contributed by atoms with Crippen molar-refractivity contribution in [1.82, 2.24) is 5.32 Å². The van der Waals surface area contributed by atoms with Gasteiger partial charge in [-0.25, -0.2) is 12.8 Å². The Hall–Kier alpha value is -1.14. The molecule has 0 radical (unpaired) electrons. The second-order valence-electron chi connectivity index (χ2n) is 4.24. The van der Waals surface area contributed by atoms with Gasteiger partial charge in [-0.2, -0.15) is 0 Å². The molecule has 7 heteroatoms. The lowest BCUT2D eigenvalue weighted by molar-refractivity contribution is 0.0934. The van der Waals surface area contributed by atoms with E-state index in [1.54, 1.807) is 0 Å². The van der Waals surface area contributed by atoms with Crippen molar-refractivity contribution in [2.24, 2.45) is 0 Å². The number of nitrogens with one attached hydrogen (secondary N) is 1. The second-order valence-corrected chi connectivity index (χ2v) is 6.81. The summed E-state index contributed by atoms with van der Waals surface area (Å²) in [6, 6.07) is 2.87. The normalized spacial score (nSPS) is 13.1. The first-order chi connectivity index (χ1) is 8.75. The molecule has 1 amide bonds. The Labute approximate surface area is 116 Å². The molecule has 1 aromatic rings. The number of benzene rings is 1. The first-order valence-corrected chi connectivity index (χ1v) is 8.11. The van der Waals surface area contributed by atoms with E-state index in [0.29, 0.717) is 0 Å². The fraction of sp³-hybridized carbons (Fsp3) is 0.417. The molecule has 1 atom stereocenters. The maximum absolute atomic E-state index is 13.7. The number of halogens is 2. The standard InChI is InChI=1S/C12H15ClFNO3S/c1-3-4-8(2)15-12(16)10-6-5-9(7-11(10)14)19(13,17)18/h5-8H,3-4H2,1-2H3,(H,15,16).